The zero-order valence-electron chi connectivity index (χ0n) is 11.9. The van der Waals surface area contributed by atoms with Gasteiger partial charge in [0.2, 0.25) is 5.82 Å². The molecule has 0 aliphatic carbocycles. The van der Waals surface area contributed by atoms with Crippen molar-refractivity contribution in [2.45, 2.75) is 32.7 Å². The van der Waals surface area contributed by atoms with Crippen LogP contribution in [0.2, 0.25) is 0 Å². The van der Waals surface area contributed by atoms with Crippen molar-refractivity contribution in [3.8, 4) is 6.07 Å². The number of nitrogens with zero attached hydrogens (tertiary/aromatic N) is 3. The maximum atomic E-state index is 11.1. The molecule has 7 nitrogen and oxygen atoms in total. The molecule has 1 aromatic heterocycles. The van der Waals surface area contributed by atoms with Gasteiger partial charge in [0, 0.05) is 18.3 Å². The molecule has 0 aromatic carbocycles. The molecular formula is C13H19N5O2. The molecule has 7 heteroatoms. The first-order chi connectivity index (χ1) is 9.33. The van der Waals surface area contributed by atoms with E-state index in [0.717, 1.165) is 6.42 Å². The number of nitrogens with two attached hydrogens (primary N) is 1. The van der Waals surface area contributed by atoms with Crippen LogP contribution in [-0.4, -0.2) is 22.0 Å². The summed E-state index contributed by atoms with van der Waals surface area (Å²) in [5.74, 6) is 0.455. The lowest BCUT2D eigenvalue weighted by molar-refractivity contribution is -0.384. The number of rotatable bonds is 6. The Morgan fingerprint density at radius 1 is 1.65 bits per heavy atom. The minimum absolute atomic E-state index is 0.0172. The summed E-state index contributed by atoms with van der Waals surface area (Å²) in [5, 5.41) is 23.1. The first-order valence-electron chi connectivity index (χ1n) is 6.34. The van der Waals surface area contributed by atoms with Gasteiger partial charge in [0.15, 0.2) is 0 Å². The van der Waals surface area contributed by atoms with Gasteiger partial charge in [-0.05, 0) is 25.3 Å². The molecule has 0 aliphatic heterocycles. The van der Waals surface area contributed by atoms with Gasteiger partial charge in [-0.25, -0.2) is 4.98 Å². The van der Waals surface area contributed by atoms with Crippen molar-refractivity contribution in [1.82, 2.24) is 4.98 Å². The second kappa shape index (κ2) is 6.30. The number of pyridine rings is 1. The van der Waals surface area contributed by atoms with Crippen molar-refractivity contribution in [3.05, 3.63) is 27.9 Å². The number of nitriles is 1. The van der Waals surface area contributed by atoms with Crippen molar-refractivity contribution >= 4 is 11.5 Å². The van der Waals surface area contributed by atoms with Gasteiger partial charge in [-0.2, -0.15) is 5.26 Å². The van der Waals surface area contributed by atoms with Crippen LogP contribution in [-0.2, 0) is 0 Å². The highest BCUT2D eigenvalue weighted by atomic mass is 16.6. The summed E-state index contributed by atoms with van der Waals surface area (Å²) in [4.78, 5) is 14.5. The van der Waals surface area contributed by atoms with Crippen LogP contribution in [0.3, 0.4) is 0 Å². The van der Waals surface area contributed by atoms with Crippen molar-refractivity contribution in [2.75, 3.05) is 11.9 Å². The van der Waals surface area contributed by atoms with E-state index in [9.17, 15) is 10.1 Å². The summed E-state index contributed by atoms with van der Waals surface area (Å²) < 4.78 is 0. The van der Waals surface area contributed by atoms with E-state index in [1.807, 2.05) is 26.8 Å². The standard InChI is InChI=1S/C13H19N5O2/c1-9(2)6-13(3,8-15)17-12-11(18(19)20)10(7-14)4-5-16-12/h4-5,9H,6,8,15H2,1-3H3,(H,16,17). The Bertz CT molecular complexity index is 538. The Morgan fingerprint density at radius 3 is 2.75 bits per heavy atom. The normalized spacial score (nSPS) is 13.6. The molecule has 0 saturated heterocycles. The summed E-state index contributed by atoms with van der Waals surface area (Å²) >= 11 is 0. The molecular weight excluding hydrogens is 258 g/mol. The van der Waals surface area contributed by atoms with Gasteiger partial charge >= 0.3 is 5.69 Å². The maximum absolute atomic E-state index is 11.1. The minimum atomic E-state index is -0.597. The summed E-state index contributed by atoms with van der Waals surface area (Å²) in [6.07, 6.45) is 2.11. The summed E-state index contributed by atoms with van der Waals surface area (Å²) in [7, 11) is 0. The van der Waals surface area contributed by atoms with Crippen LogP contribution in [0.25, 0.3) is 0 Å². The molecule has 0 fully saturated rings. The molecule has 0 radical (unpaired) electrons. The van der Waals surface area contributed by atoms with E-state index in [-0.39, 0.29) is 17.1 Å². The van der Waals surface area contributed by atoms with Gasteiger partial charge in [0.25, 0.3) is 0 Å². The van der Waals surface area contributed by atoms with Crippen molar-refractivity contribution in [2.24, 2.45) is 11.7 Å². The number of aromatic nitrogens is 1. The fraction of sp³-hybridized carbons (Fsp3) is 0.538. The lowest BCUT2D eigenvalue weighted by Crippen LogP contribution is -2.44. The van der Waals surface area contributed by atoms with Crippen LogP contribution in [0.15, 0.2) is 12.3 Å². The Labute approximate surface area is 118 Å². The Balaban J connectivity index is 3.20. The number of hydrogen-bond acceptors (Lipinski definition) is 6. The van der Waals surface area contributed by atoms with Gasteiger partial charge in [0.1, 0.15) is 11.6 Å². The average Bonchev–Trinajstić information content (AvgIpc) is 2.37. The van der Waals surface area contributed by atoms with Crippen LogP contribution < -0.4 is 11.1 Å². The topological polar surface area (TPSA) is 118 Å². The smallest absolute Gasteiger partial charge is 0.328 e. The molecule has 3 N–H and O–H groups in total. The summed E-state index contributed by atoms with van der Waals surface area (Å²) in [6, 6.07) is 3.13. The van der Waals surface area contributed by atoms with E-state index in [1.54, 1.807) is 0 Å². The van der Waals surface area contributed by atoms with Crippen molar-refractivity contribution in [3.63, 3.8) is 0 Å². The van der Waals surface area contributed by atoms with Crippen LogP contribution in [0.5, 0.6) is 0 Å². The Kier molecular flexibility index (Phi) is 5.00. The van der Waals surface area contributed by atoms with E-state index in [2.05, 4.69) is 10.3 Å². The molecule has 0 bridgehead atoms. The third kappa shape index (κ3) is 3.65. The molecule has 0 spiro atoms. The molecule has 1 heterocycles. The lowest BCUT2D eigenvalue weighted by Gasteiger charge is -2.31. The predicted octanol–water partition coefficient (Wildman–Crippen LogP) is 2.04. The fourth-order valence-corrected chi connectivity index (χ4v) is 2.19. The number of hydrogen-bond donors (Lipinski definition) is 2. The summed E-state index contributed by atoms with van der Waals surface area (Å²) in [5.41, 5.74) is 4.94. The van der Waals surface area contributed by atoms with Crippen molar-refractivity contribution in [1.29, 1.82) is 5.26 Å². The number of nitrogens with one attached hydrogen (secondary N) is 1. The first kappa shape index (κ1) is 15.9. The molecule has 0 aliphatic rings. The van der Waals surface area contributed by atoms with Gasteiger partial charge in [0.05, 0.1) is 4.92 Å². The average molecular weight is 277 g/mol. The fourth-order valence-electron chi connectivity index (χ4n) is 2.19. The van der Waals surface area contributed by atoms with Gasteiger partial charge in [-0.3, -0.25) is 10.1 Å². The Hall–Kier alpha value is -2.20. The van der Waals surface area contributed by atoms with E-state index >= 15 is 0 Å². The first-order valence-corrected chi connectivity index (χ1v) is 6.34. The third-order valence-corrected chi connectivity index (χ3v) is 2.96. The molecule has 1 rings (SSSR count). The molecule has 0 saturated carbocycles. The zero-order chi connectivity index (χ0) is 15.3. The summed E-state index contributed by atoms with van der Waals surface area (Å²) in [6.45, 7) is 6.28. The highest BCUT2D eigenvalue weighted by Gasteiger charge is 2.29. The predicted molar refractivity (Wildman–Crippen MR) is 76.1 cm³/mol. The molecule has 1 aromatic rings. The number of anilines is 1. The second-order valence-corrected chi connectivity index (χ2v) is 5.41. The maximum Gasteiger partial charge on any atom is 0.328 e. The third-order valence-electron chi connectivity index (χ3n) is 2.96. The SMILES string of the molecule is CC(C)CC(C)(CN)Nc1nccc(C#N)c1[N+](=O)[O-]. The Morgan fingerprint density at radius 2 is 2.30 bits per heavy atom. The van der Waals surface area contributed by atoms with Gasteiger partial charge in [-0.1, -0.05) is 13.8 Å². The van der Waals surface area contributed by atoms with E-state index in [1.165, 1.54) is 12.3 Å². The largest absolute Gasteiger partial charge is 0.358 e. The molecule has 0 amide bonds. The van der Waals surface area contributed by atoms with Crippen LogP contribution in [0.4, 0.5) is 11.5 Å². The lowest BCUT2D eigenvalue weighted by atomic mass is 9.90. The van der Waals surface area contributed by atoms with E-state index in [0.29, 0.717) is 12.5 Å². The van der Waals surface area contributed by atoms with E-state index < -0.39 is 10.5 Å². The van der Waals surface area contributed by atoms with Crippen LogP contribution in [0, 0.1) is 27.4 Å². The highest BCUT2D eigenvalue weighted by molar-refractivity contribution is 5.64. The van der Waals surface area contributed by atoms with Crippen LogP contribution in [0.1, 0.15) is 32.8 Å². The number of nitro groups is 1. The monoisotopic (exact) mass is 277 g/mol. The van der Waals surface area contributed by atoms with Crippen LogP contribution >= 0.6 is 0 Å². The molecule has 1 unspecified atom stereocenters. The van der Waals surface area contributed by atoms with Gasteiger partial charge < -0.3 is 11.1 Å². The molecule has 1 atom stereocenters. The molecule has 108 valence electrons. The van der Waals surface area contributed by atoms with Gasteiger partial charge in [-0.15, -0.1) is 0 Å². The van der Waals surface area contributed by atoms with Crippen molar-refractivity contribution < 1.29 is 4.92 Å². The quantitative estimate of drug-likeness (QED) is 0.606. The minimum Gasteiger partial charge on any atom is -0.358 e. The van der Waals surface area contributed by atoms with E-state index in [4.69, 9.17) is 11.0 Å². The second-order valence-electron chi connectivity index (χ2n) is 5.41. The molecule has 20 heavy (non-hydrogen) atoms. The zero-order valence-corrected chi connectivity index (χ0v) is 11.9. The highest BCUT2D eigenvalue weighted by Crippen LogP contribution is 2.29.